The van der Waals surface area contributed by atoms with E-state index in [1.807, 2.05) is 42.5 Å². The number of rotatable bonds is 4. The lowest BCUT2D eigenvalue weighted by atomic mass is 10.1. The third-order valence-electron chi connectivity index (χ3n) is 4.07. The monoisotopic (exact) mass is 336 g/mol. The highest BCUT2D eigenvalue weighted by Crippen LogP contribution is 2.39. The van der Waals surface area contributed by atoms with E-state index in [4.69, 9.17) is 4.74 Å². The van der Waals surface area contributed by atoms with Gasteiger partial charge in [-0.1, -0.05) is 18.2 Å². The molecule has 0 bridgehead atoms. The third kappa shape index (κ3) is 3.46. The molecule has 3 aromatic rings. The van der Waals surface area contributed by atoms with E-state index in [0.717, 1.165) is 16.5 Å². The molecular formula is C20H22N3O2+. The summed E-state index contributed by atoms with van der Waals surface area (Å²) in [5, 5.41) is 20.8. The Hall–Kier alpha value is -2.92. The first kappa shape index (κ1) is 16.9. The zero-order valence-corrected chi connectivity index (χ0v) is 14.9. The van der Waals surface area contributed by atoms with Crippen molar-refractivity contribution in [1.82, 2.24) is 4.48 Å². The van der Waals surface area contributed by atoms with Crippen LogP contribution in [0.2, 0.25) is 0 Å². The standard InChI is InChI=1S/C20H21N3O2/c1-23(2,3)15-11-9-14-10-12-18(24)20(16(14)13-15)22-21-17-7-5-6-8-19(17)25-4/h5-13H,1-4H3/p+1. The fourth-order valence-electron chi connectivity index (χ4n) is 2.62. The van der Waals surface area contributed by atoms with Gasteiger partial charge in [0.25, 0.3) is 0 Å². The van der Waals surface area contributed by atoms with E-state index in [2.05, 4.69) is 37.4 Å². The molecule has 0 aliphatic rings. The van der Waals surface area contributed by atoms with E-state index >= 15 is 0 Å². The molecular weight excluding hydrogens is 314 g/mol. The molecule has 0 saturated heterocycles. The van der Waals surface area contributed by atoms with Gasteiger partial charge in [-0.15, -0.1) is 10.2 Å². The molecule has 0 amide bonds. The smallest absolute Gasteiger partial charge is 0.146 e. The summed E-state index contributed by atoms with van der Waals surface area (Å²) in [5.41, 5.74) is 2.19. The molecule has 0 unspecified atom stereocenters. The van der Waals surface area contributed by atoms with Crippen molar-refractivity contribution in [2.45, 2.75) is 0 Å². The summed E-state index contributed by atoms with van der Waals surface area (Å²) in [6.07, 6.45) is 0. The highest BCUT2D eigenvalue weighted by Gasteiger charge is 2.15. The number of hydrogen-bond acceptors (Lipinski definition) is 4. The van der Waals surface area contributed by atoms with Crippen molar-refractivity contribution < 1.29 is 9.84 Å². The number of quaternary nitrogens is 1. The van der Waals surface area contributed by atoms with E-state index in [-0.39, 0.29) is 5.75 Å². The molecule has 1 N–H and O–H groups in total. The Morgan fingerprint density at radius 1 is 0.920 bits per heavy atom. The second-order valence-corrected chi connectivity index (χ2v) is 6.72. The Bertz CT molecular complexity index is 943. The quantitative estimate of drug-likeness (QED) is 0.528. The molecule has 0 aliphatic heterocycles. The Kier molecular flexibility index (Phi) is 4.42. The van der Waals surface area contributed by atoms with Gasteiger partial charge in [-0.3, -0.25) is 4.48 Å². The number of nitrogens with zero attached hydrogens (tertiary/aromatic N) is 3. The second-order valence-electron chi connectivity index (χ2n) is 6.72. The van der Waals surface area contributed by atoms with Crippen molar-refractivity contribution >= 4 is 27.8 Å². The average molecular weight is 336 g/mol. The molecule has 0 heterocycles. The first-order valence-electron chi connectivity index (χ1n) is 8.02. The summed E-state index contributed by atoms with van der Waals surface area (Å²) in [6, 6.07) is 17.1. The van der Waals surface area contributed by atoms with Crippen LogP contribution < -0.4 is 9.22 Å². The maximum absolute atomic E-state index is 10.3. The molecule has 0 atom stereocenters. The molecule has 128 valence electrons. The summed E-state index contributed by atoms with van der Waals surface area (Å²) in [6.45, 7) is 0. The molecule has 0 spiro atoms. The van der Waals surface area contributed by atoms with Crippen LogP contribution in [0.1, 0.15) is 0 Å². The Morgan fingerprint density at radius 2 is 1.64 bits per heavy atom. The average Bonchev–Trinajstić information content (AvgIpc) is 2.60. The summed E-state index contributed by atoms with van der Waals surface area (Å²) in [4.78, 5) is 0. The van der Waals surface area contributed by atoms with Crippen LogP contribution in [0.5, 0.6) is 11.5 Å². The number of aromatic hydroxyl groups is 1. The minimum absolute atomic E-state index is 0.102. The minimum atomic E-state index is 0.102. The Labute approximate surface area is 147 Å². The van der Waals surface area contributed by atoms with Crippen LogP contribution in [0.3, 0.4) is 0 Å². The van der Waals surface area contributed by atoms with Crippen LogP contribution in [0.4, 0.5) is 17.1 Å². The van der Waals surface area contributed by atoms with Gasteiger partial charge in [0.2, 0.25) is 0 Å². The topological polar surface area (TPSA) is 54.2 Å². The van der Waals surface area contributed by atoms with Crippen molar-refractivity contribution in [3.05, 3.63) is 54.6 Å². The molecule has 5 heteroatoms. The van der Waals surface area contributed by atoms with Crippen LogP contribution >= 0.6 is 0 Å². The SMILES string of the molecule is COc1ccccc1/N=N/c1c(O)ccc2ccc([N+](C)(C)C)cc12. The lowest BCUT2D eigenvalue weighted by Gasteiger charge is -2.23. The number of para-hydroxylation sites is 1. The molecule has 0 aliphatic carbocycles. The van der Waals surface area contributed by atoms with E-state index < -0.39 is 0 Å². The fraction of sp³-hybridized carbons (Fsp3) is 0.200. The van der Waals surface area contributed by atoms with Crippen molar-refractivity contribution in [3.8, 4) is 11.5 Å². The van der Waals surface area contributed by atoms with Crippen LogP contribution in [0.15, 0.2) is 64.8 Å². The molecule has 0 saturated carbocycles. The van der Waals surface area contributed by atoms with Crippen LogP contribution in [0, 0.1) is 0 Å². The third-order valence-corrected chi connectivity index (χ3v) is 4.07. The van der Waals surface area contributed by atoms with Gasteiger partial charge in [0.15, 0.2) is 0 Å². The van der Waals surface area contributed by atoms with Gasteiger partial charge in [0, 0.05) is 11.5 Å². The zero-order valence-electron chi connectivity index (χ0n) is 14.9. The number of phenolic OH excluding ortho intramolecular Hbond substituents is 1. The molecule has 25 heavy (non-hydrogen) atoms. The van der Waals surface area contributed by atoms with E-state index in [1.165, 1.54) is 0 Å². The molecule has 3 aromatic carbocycles. The van der Waals surface area contributed by atoms with E-state index in [9.17, 15) is 5.11 Å². The van der Waals surface area contributed by atoms with Gasteiger partial charge in [-0.2, -0.15) is 0 Å². The van der Waals surface area contributed by atoms with Crippen LogP contribution in [0.25, 0.3) is 10.8 Å². The lowest BCUT2D eigenvalue weighted by molar-refractivity contribution is 0.416. The van der Waals surface area contributed by atoms with Gasteiger partial charge in [0.05, 0.1) is 28.3 Å². The maximum Gasteiger partial charge on any atom is 0.146 e. The van der Waals surface area contributed by atoms with Gasteiger partial charge >= 0.3 is 0 Å². The second kappa shape index (κ2) is 6.53. The van der Waals surface area contributed by atoms with Gasteiger partial charge in [-0.25, -0.2) is 0 Å². The van der Waals surface area contributed by atoms with E-state index in [1.54, 1.807) is 13.2 Å². The van der Waals surface area contributed by atoms with Crippen molar-refractivity contribution in [1.29, 1.82) is 0 Å². The largest absolute Gasteiger partial charge is 0.506 e. The molecule has 0 radical (unpaired) electrons. The zero-order chi connectivity index (χ0) is 18.0. The van der Waals surface area contributed by atoms with Crippen LogP contribution in [-0.4, -0.2) is 33.4 Å². The van der Waals surface area contributed by atoms with Crippen molar-refractivity contribution in [2.24, 2.45) is 10.2 Å². The highest BCUT2D eigenvalue weighted by atomic mass is 16.5. The summed E-state index contributed by atoms with van der Waals surface area (Å²) in [7, 11) is 7.89. The fourth-order valence-corrected chi connectivity index (χ4v) is 2.62. The van der Waals surface area contributed by atoms with E-state index in [0.29, 0.717) is 21.6 Å². The highest BCUT2D eigenvalue weighted by molar-refractivity contribution is 5.97. The molecule has 0 aromatic heterocycles. The van der Waals surface area contributed by atoms with Crippen LogP contribution in [-0.2, 0) is 0 Å². The summed E-state index contributed by atoms with van der Waals surface area (Å²) < 4.78 is 5.97. The Balaban J connectivity index is 2.14. The number of benzene rings is 3. The number of phenols is 1. The number of methoxy groups -OCH3 is 1. The molecule has 3 rings (SSSR count). The van der Waals surface area contributed by atoms with Crippen molar-refractivity contribution in [2.75, 3.05) is 28.3 Å². The predicted molar refractivity (Wildman–Crippen MR) is 102 cm³/mol. The normalized spacial score (nSPS) is 12.0. The number of azo groups is 1. The summed E-state index contributed by atoms with van der Waals surface area (Å²) >= 11 is 0. The maximum atomic E-state index is 10.3. The first-order valence-corrected chi connectivity index (χ1v) is 8.02. The predicted octanol–water partition coefficient (Wildman–Crippen LogP) is 5.17. The molecule has 0 fully saturated rings. The number of hydrogen-bond donors (Lipinski definition) is 1. The summed E-state index contributed by atoms with van der Waals surface area (Å²) in [5.74, 6) is 0.739. The van der Waals surface area contributed by atoms with Gasteiger partial charge in [0.1, 0.15) is 28.6 Å². The van der Waals surface area contributed by atoms with Crippen molar-refractivity contribution in [3.63, 3.8) is 0 Å². The van der Waals surface area contributed by atoms with Gasteiger partial charge in [-0.05, 0) is 35.7 Å². The first-order chi connectivity index (χ1) is 11.9. The van der Waals surface area contributed by atoms with Gasteiger partial charge < -0.3 is 9.84 Å². The number of fused-ring (bicyclic) bond motifs is 1. The molecule has 5 nitrogen and oxygen atoms in total. The Morgan fingerprint density at radius 3 is 2.36 bits per heavy atom. The minimum Gasteiger partial charge on any atom is -0.506 e. The lowest BCUT2D eigenvalue weighted by Crippen LogP contribution is -2.34. The number of ether oxygens (including phenoxy) is 1.